The highest BCUT2D eigenvalue weighted by Crippen LogP contribution is 2.34. The molecule has 0 unspecified atom stereocenters. The molecule has 0 spiro atoms. The molecule has 4 nitrogen and oxygen atoms in total. The molecule has 1 fully saturated rings. The molecular formula is C24H24ClFN2O2. The number of hydrogen-bond acceptors (Lipinski definition) is 3. The fourth-order valence-electron chi connectivity index (χ4n) is 4.05. The van der Waals surface area contributed by atoms with Crippen LogP contribution in [0.25, 0.3) is 22.0 Å². The van der Waals surface area contributed by atoms with E-state index in [1.54, 1.807) is 19.2 Å². The Kier molecular flexibility index (Phi) is 5.91. The van der Waals surface area contributed by atoms with Crippen LogP contribution in [0.2, 0.25) is 5.02 Å². The number of amides is 1. The summed E-state index contributed by atoms with van der Waals surface area (Å²) < 4.78 is 19.4. The minimum Gasteiger partial charge on any atom is -0.481 e. The molecule has 0 N–H and O–H groups in total. The van der Waals surface area contributed by atoms with Gasteiger partial charge in [-0.2, -0.15) is 0 Å². The van der Waals surface area contributed by atoms with E-state index in [-0.39, 0.29) is 11.7 Å². The third kappa shape index (κ3) is 4.26. The van der Waals surface area contributed by atoms with Crippen LogP contribution in [0.3, 0.4) is 0 Å². The minimum atomic E-state index is -0.567. The third-order valence-electron chi connectivity index (χ3n) is 5.56. The molecule has 1 amide bonds. The molecule has 0 bridgehead atoms. The molecule has 0 saturated carbocycles. The number of hydrogen-bond donors (Lipinski definition) is 0. The molecule has 6 heteroatoms. The Bertz CT molecular complexity index is 1090. The van der Waals surface area contributed by atoms with Crippen LogP contribution in [0.4, 0.5) is 4.39 Å². The SMILES string of the molecule is C[C@H]1CCCN(C(=O)[C@@H](C)Oc2ccc3c(-c4ccc(F)cc4Cl)ccnc3c2)C1. The number of nitrogens with zero attached hydrogens (tertiary/aromatic N) is 2. The van der Waals surface area contributed by atoms with Crippen LogP contribution in [-0.4, -0.2) is 35.0 Å². The summed E-state index contributed by atoms with van der Waals surface area (Å²) in [4.78, 5) is 19.1. The Morgan fingerprint density at radius 3 is 2.83 bits per heavy atom. The average Bonchev–Trinajstić information content (AvgIpc) is 2.73. The summed E-state index contributed by atoms with van der Waals surface area (Å²) in [5.41, 5.74) is 2.32. The van der Waals surface area contributed by atoms with E-state index in [0.29, 0.717) is 16.7 Å². The summed E-state index contributed by atoms with van der Waals surface area (Å²) in [5, 5.41) is 1.22. The van der Waals surface area contributed by atoms with Gasteiger partial charge in [0.1, 0.15) is 11.6 Å². The topological polar surface area (TPSA) is 42.4 Å². The number of carbonyl (C=O) groups excluding carboxylic acids is 1. The number of rotatable bonds is 4. The maximum atomic E-state index is 13.4. The smallest absolute Gasteiger partial charge is 0.263 e. The molecule has 30 heavy (non-hydrogen) atoms. The number of pyridine rings is 1. The standard InChI is InChI=1S/C24H24ClFN2O2/c1-15-4-3-11-28(14-15)24(29)16(2)30-18-6-8-21-19(9-10-27-23(21)13-18)20-7-5-17(26)12-22(20)25/h5-10,12-13,15-16H,3-4,11,14H2,1-2H3/t15-,16+/m0/s1. The van der Waals surface area contributed by atoms with Gasteiger partial charge < -0.3 is 9.64 Å². The van der Waals surface area contributed by atoms with Gasteiger partial charge in [-0.3, -0.25) is 9.78 Å². The first-order valence-corrected chi connectivity index (χ1v) is 10.6. The third-order valence-corrected chi connectivity index (χ3v) is 5.88. The highest BCUT2D eigenvalue weighted by molar-refractivity contribution is 6.33. The van der Waals surface area contributed by atoms with E-state index >= 15 is 0 Å². The van der Waals surface area contributed by atoms with E-state index in [0.717, 1.165) is 48.0 Å². The zero-order chi connectivity index (χ0) is 21.3. The quantitative estimate of drug-likeness (QED) is 0.535. The van der Waals surface area contributed by atoms with E-state index < -0.39 is 6.10 Å². The van der Waals surface area contributed by atoms with Crippen molar-refractivity contribution < 1.29 is 13.9 Å². The Labute approximate surface area is 180 Å². The van der Waals surface area contributed by atoms with E-state index in [9.17, 15) is 9.18 Å². The molecule has 4 rings (SSSR count). The van der Waals surface area contributed by atoms with Crippen molar-refractivity contribution in [2.24, 2.45) is 5.92 Å². The fraction of sp³-hybridized carbons (Fsp3) is 0.333. The maximum absolute atomic E-state index is 13.4. The van der Waals surface area contributed by atoms with Gasteiger partial charge >= 0.3 is 0 Å². The lowest BCUT2D eigenvalue weighted by molar-refractivity contribution is -0.139. The largest absolute Gasteiger partial charge is 0.481 e. The summed E-state index contributed by atoms with van der Waals surface area (Å²) in [6.45, 7) is 5.53. The Hall–Kier alpha value is -2.66. The number of ether oxygens (including phenoxy) is 1. The molecule has 1 aliphatic heterocycles. The lowest BCUT2D eigenvalue weighted by atomic mass is 10.00. The molecule has 156 valence electrons. The number of carbonyl (C=O) groups is 1. The van der Waals surface area contributed by atoms with Crippen molar-refractivity contribution in [2.75, 3.05) is 13.1 Å². The second-order valence-electron chi connectivity index (χ2n) is 7.95. The first-order chi connectivity index (χ1) is 14.4. The molecule has 2 atom stereocenters. The van der Waals surface area contributed by atoms with E-state index in [1.165, 1.54) is 12.1 Å². The monoisotopic (exact) mass is 426 g/mol. The second-order valence-corrected chi connectivity index (χ2v) is 8.36. The number of aromatic nitrogens is 1. The summed E-state index contributed by atoms with van der Waals surface area (Å²) in [7, 11) is 0. The molecular weight excluding hydrogens is 403 g/mol. The fourth-order valence-corrected chi connectivity index (χ4v) is 4.31. The molecule has 1 saturated heterocycles. The van der Waals surface area contributed by atoms with Crippen LogP contribution in [0.5, 0.6) is 5.75 Å². The second kappa shape index (κ2) is 8.60. The average molecular weight is 427 g/mol. The number of likely N-dealkylation sites (tertiary alicyclic amines) is 1. The number of fused-ring (bicyclic) bond motifs is 1. The zero-order valence-electron chi connectivity index (χ0n) is 17.1. The predicted octanol–water partition coefficient (Wildman–Crippen LogP) is 5.72. The number of piperidine rings is 1. The van der Waals surface area contributed by atoms with Crippen molar-refractivity contribution in [1.82, 2.24) is 9.88 Å². The van der Waals surface area contributed by atoms with Gasteiger partial charge in [-0.1, -0.05) is 18.5 Å². The number of benzene rings is 2. The lowest BCUT2D eigenvalue weighted by Crippen LogP contribution is -2.45. The van der Waals surface area contributed by atoms with E-state index in [1.807, 2.05) is 29.2 Å². The van der Waals surface area contributed by atoms with Gasteiger partial charge in [-0.15, -0.1) is 0 Å². The van der Waals surface area contributed by atoms with Crippen LogP contribution in [0.15, 0.2) is 48.7 Å². The van der Waals surface area contributed by atoms with Gasteiger partial charge in [0.25, 0.3) is 5.91 Å². The minimum absolute atomic E-state index is 0.0152. The van der Waals surface area contributed by atoms with Gasteiger partial charge in [0.05, 0.1) is 10.5 Å². The van der Waals surface area contributed by atoms with E-state index in [4.69, 9.17) is 16.3 Å². The summed E-state index contributed by atoms with van der Waals surface area (Å²) in [6.07, 6.45) is 3.32. The molecule has 2 aromatic carbocycles. The van der Waals surface area contributed by atoms with Crippen LogP contribution >= 0.6 is 11.6 Å². The lowest BCUT2D eigenvalue weighted by Gasteiger charge is -2.32. The van der Waals surface area contributed by atoms with Crippen LogP contribution in [0, 0.1) is 11.7 Å². The highest BCUT2D eigenvalue weighted by atomic mass is 35.5. The normalized spacial score (nSPS) is 17.7. The van der Waals surface area contributed by atoms with Crippen LogP contribution in [0.1, 0.15) is 26.7 Å². The molecule has 3 aromatic rings. The van der Waals surface area contributed by atoms with E-state index in [2.05, 4.69) is 11.9 Å². The Balaban J connectivity index is 1.57. The van der Waals surface area contributed by atoms with Gasteiger partial charge in [0, 0.05) is 36.3 Å². The van der Waals surface area contributed by atoms with Crippen molar-refractivity contribution in [3.05, 3.63) is 59.5 Å². The van der Waals surface area contributed by atoms with Crippen molar-refractivity contribution in [2.45, 2.75) is 32.8 Å². The van der Waals surface area contributed by atoms with Gasteiger partial charge in [0.15, 0.2) is 6.10 Å². The molecule has 1 aliphatic rings. The van der Waals surface area contributed by atoms with Crippen molar-refractivity contribution in [3.8, 4) is 16.9 Å². The summed E-state index contributed by atoms with van der Waals surface area (Å²) in [5.74, 6) is 0.751. The van der Waals surface area contributed by atoms with Gasteiger partial charge in [-0.05, 0) is 67.6 Å². The van der Waals surface area contributed by atoms with Crippen molar-refractivity contribution in [3.63, 3.8) is 0 Å². The molecule has 0 radical (unpaired) electrons. The van der Waals surface area contributed by atoms with Crippen LogP contribution in [-0.2, 0) is 4.79 Å². The molecule has 1 aromatic heterocycles. The number of halogens is 2. The molecule has 0 aliphatic carbocycles. The maximum Gasteiger partial charge on any atom is 0.263 e. The summed E-state index contributed by atoms with van der Waals surface area (Å²) in [6, 6.07) is 11.7. The van der Waals surface area contributed by atoms with Crippen molar-refractivity contribution >= 4 is 28.4 Å². The van der Waals surface area contributed by atoms with Crippen molar-refractivity contribution in [1.29, 1.82) is 0 Å². The first kappa shape index (κ1) is 20.6. The van der Waals surface area contributed by atoms with Crippen LogP contribution < -0.4 is 4.74 Å². The summed E-state index contributed by atoms with van der Waals surface area (Å²) >= 11 is 6.26. The predicted molar refractivity (Wildman–Crippen MR) is 117 cm³/mol. The molecule has 2 heterocycles. The Morgan fingerprint density at radius 2 is 2.07 bits per heavy atom. The first-order valence-electron chi connectivity index (χ1n) is 10.2. The van der Waals surface area contributed by atoms with Gasteiger partial charge in [-0.25, -0.2) is 4.39 Å². The van der Waals surface area contributed by atoms with Gasteiger partial charge in [0.2, 0.25) is 0 Å². The Morgan fingerprint density at radius 1 is 1.23 bits per heavy atom. The zero-order valence-corrected chi connectivity index (χ0v) is 17.8. The highest BCUT2D eigenvalue weighted by Gasteiger charge is 2.26.